The van der Waals surface area contributed by atoms with Crippen molar-refractivity contribution in [2.45, 2.75) is 32.7 Å². The van der Waals surface area contributed by atoms with Crippen molar-refractivity contribution in [1.82, 2.24) is 14.8 Å². The Kier molecular flexibility index (Phi) is 5.22. The van der Waals surface area contributed by atoms with Crippen LogP contribution in [0.4, 0.5) is 0 Å². The Morgan fingerprint density at radius 1 is 1.15 bits per heavy atom. The van der Waals surface area contributed by atoms with Crippen LogP contribution in [0.25, 0.3) is 0 Å². The van der Waals surface area contributed by atoms with E-state index in [0.717, 1.165) is 44.9 Å². The van der Waals surface area contributed by atoms with Crippen LogP contribution >= 0.6 is 11.3 Å². The average Bonchev–Trinajstić information content (AvgIpc) is 3.23. The molecule has 0 unspecified atom stereocenters. The molecule has 2 heterocycles. The van der Waals surface area contributed by atoms with E-state index >= 15 is 0 Å². The van der Waals surface area contributed by atoms with Crippen molar-refractivity contribution < 1.29 is 9.53 Å². The molecular weight excluding hydrogens is 346 g/mol. The van der Waals surface area contributed by atoms with Crippen LogP contribution in [0.2, 0.25) is 0 Å². The van der Waals surface area contributed by atoms with E-state index in [1.54, 1.807) is 0 Å². The largest absolute Gasteiger partial charge is 0.484 e. The number of benzene rings is 1. The van der Waals surface area contributed by atoms with Crippen LogP contribution in [0.1, 0.15) is 27.6 Å². The maximum Gasteiger partial charge on any atom is 0.260 e. The standard InChI is InChI=1S/C20H25N3O2S/c1-15-5-7-16(8-6-15)25-14-20(24)23-11-9-22(10-12-23)13-19-21-17-3-2-4-18(17)26-19/h5-8H,2-4,9-14H2,1H3. The molecule has 138 valence electrons. The fraction of sp³-hybridized carbons (Fsp3) is 0.500. The number of carbonyl (C=O) groups is 1. The summed E-state index contributed by atoms with van der Waals surface area (Å²) in [5.41, 5.74) is 2.51. The third kappa shape index (κ3) is 4.07. The minimum absolute atomic E-state index is 0.0680. The first-order valence-electron chi connectivity index (χ1n) is 9.34. The first-order chi connectivity index (χ1) is 12.7. The van der Waals surface area contributed by atoms with E-state index in [2.05, 4.69) is 4.90 Å². The second-order valence-electron chi connectivity index (χ2n) is 7.09. The molecule has 1 aromatic heterocycles. The lowest BCUT2D eigenvalue weighted by atomic mass is 10.2. The molecule has 2 aliphatic rings. The van der Waals surface area contributed by atoms with Crippen molar-refractivity contribution in [3.8, 4) is 5.75 Å². The van der Waals surface area contributed by atoms with Crippen LogP contribution in [-0.4, -0.2) is 53.5 Å². The average molecular weight is 372 g/mol. The number of hydrogen-bond donors (Lipinski definition) is 0. The Balaban J connectivity index is 1.22. The fourth-order valence-electron chi connectivity index (χ4n) is 3.53. The lowest BCUT2D eigenvalue weighted by molar-refractivity contribution is -0.135. The number of thiazole rings is 1. The molecule has 1 fully saturated rings. The molecule has 0 spiro atoms. The molecule has 0 N–H and O–H groups in total. The molecule has 1 aliphatic carbocycles. The van der Waals surface area contributed by atoms with Gasteiger partial charge in [0.15, 0.2) is 6.61 Å². The molecule has 6 heteroatoms. The third-order valence-corrected chi connectivity index (χ3v) is 6.25. The summed E-state index contributed by atoms with van der Waals surface area (Å²) >= 11 is 1.88. The number of carbonyl (C=O) groups excluding carboxylic acids is 1. The second-order valence-corrected chi connectivity index (χ2v) is 8.26. The zero-order valence-electron chi connectivity index (χ0n) is 15.2. The molecule has 1 aromatic carbocycles. The van der Waals surface area contributed by atoms with Crippen molar-refractivity contribution in [2.24, 2.45) is 0 Å². The molecular formula is C20H25N3O2S. The fourth-order valence-corrected chi connectivity index (χ4v) is 4.73. The van der Waals surface area contributed by atoms with Crippen LogP contribution in [0.3, 0.4) is 0 Å². The van der Waals surface area contributed by atoms with Gasteiger partial charge in [-0.15, -0.1) is 11.3 Å². The molecule has 0 bridgehead atoms. The highest BCUT2D eigenvalue weighted by atomic mass is 32.1. The smallest absolute Gasteiger partial charge is 0.260 e. The summed E-state index contributed by atoms with van der Waals surface area (Å²) in [5, 5.41) is 1.23. The van der Waals surface area contributed by atoms with Gasteiger partial charge in [-0.1, -0.05) is 17.7 Å². The van der Waals surface area contributed by atoms with Crippen molar-refractivity contribution >= 4 is 17.2 Å². The molecule has 1 saturated heterocycles. The summed E-state index contributed by atoms with van der Waals surface area (Å²) in [6.07, 6.45) is 3.62. The molecule has 0 atom stereocenters. The van der Waals surface area contributed by atoms with Crippen LogP contribution in [-0.2, 0) is 24.2 Å². The number of aromatic nitrogens is 1. The second kappa shape index (κ2) is 7.76. The highest BCUT2D eigenvalue weighted by Gasteiger charge is 2.23. The van der Waals surface area contributed by atoms with E-state index in [4.69, 9.17) is 9.72 Å². The Bertz CT molecular complexity index is 742. The van der Waals surface area contributed by atoms with Crippen LogP contribution in [0.5, 0.6) is 5.75 Å². The lowest BCUT2D eigenvalue weighted by Crippen LogP contribution is -2.49. The molecule has 0 saturated carbocycles. The van der Waals surface area contributed by atoms with Gasteiger partial charge in [-0.3, -0.25) is 9.69 Å². The molecule has 1 amide bonds. The van der Waals surface area contributed by atoms with Gasteiger partial charge in [0.2, 0.25) is 0 Å². The molecule has 1 aliphatic heterocycles. The van der Waals surface area contributed by atoms with Gasteiger partial charge in [0.05, 0.1) is 12.2 Å². The van der Waals surface area contributed by atoms with Gasteiger partial charge in [-0.05, 0) is 38.3 Å². The van der Waals surface area contributed by atoms with E-state index in [-0.39, 0.29) is 12.5 Å². The minimum Gasteiger partial charge on any atom is -0.484 e. The molecule has 0 radical (unpaired) electrons. The molecule has 26 heavy (non-hydrogen) atoms. The number of rotatable bonds is 5. The minimum atomic E-state index is 0.0680. The topological polar surface area (TPSA) is 45.7 Å². The summed E-state index contributed by atoms with van der Waals surface area (Å²) in [5.74, 6) is 0.817. The quantitative estimate of drug-likeness (QED) is 0.811. The Morgan fingerprint density at radius 2 is 1.92 bits per heavy atom. The number of hydrogen-bond acceptors (Lipinski definition) is 5. The van der Waals surface area contributed by atoms with Gasteiger partial charge in [-0.2, -0.15) is 0 Å². The van der Waals surface area contributed by atoms with Crippen LogP contribution < -0.4 is 4.74 Å². The maximum atomic E-state index is 12.4. The van der Waals surface area contributed by atoms with Gasteiger partial charge in [0, 0.05) is 31.1 Å². The van der Waals surface area contributed by atoms with Crippen molar-refractivity contribution in [3.63, 3.8) is 0 Å². The third-order valence-electron chi connectivity index (χ3n) is 5.11. The molecule has 4 rings (SSSR count). The van der Waals surface area contributed by atoms with E-state index in [0.29, 0.717) is 0 Å². The summed E-state index contributed by atoms with van der Waals surface area (Å²) in [6.45, 7) is 6.40. The van der Waals surface area contributed by atoms with Crippen molar-refractivity contribution in [3.05, 3.63) is 45.4 Å². The zero-order chi connectivity index (χ0) is 17.9. The van der Waals surface area contributed by atoms with Gasteiger partial charge in [0.25, 0.3) is 5.91 Å². The van der Waals surface area contributed by atoms with Gasteiger partial charge in [0.1, 0.15) is 10.8 Å². The van der Waals surface area contributed by atoms with Crippen molar-refractivity contribution in [1.29, 1.82) is 0 Å². The number of piperazine rings is 1. The Morgan fingerprint density at radius 3 is 2.65 bits per heavy atom. The predicted octanol–water partition coefficient (Wildman–Crippen LogP) is 2.66. The summed E-state index contributed by atoms with van der Waals surface area (Å²) in [4.78, 5) is 23.0. The van der Waals surface area contributed by atoms with Gasteiger partial charge >= 0.3 is 0 Å². The van der Waals surface area contributed by atoms with E-state index in [9.17, 15) is 4.79 Å². The summed E-state index contributed by atoms with van der Waals surface area (Å²) in [7, 11) is 0. The van der Waals surface area contributed by atoms with Crippen LogP contribution in [0, 0.1) is 6.92 Å². The first kappa shape index (κ1) is 17.5. The summed E-state index contributed by atoms with van der Waals surface area (Å²) < 4.78 is 5.62. The number of aryl methyl sites for hydroxylation is 3. The van der Waals surface area contributed by atoms with Gasteiger partial charge in [-0.25, -0.2) is 4.98 Å². The number of amides is 1. The van der Waals surface area contributed by atoms with Gasteiger partial charge < -0.3 is 9.64 Å². The molecule has 2 aromatic rings. The lowest BCUT2D eigenvalue weighted by Gasteiger charge is -2.34. The van der Waals surface area contributed by atoms with E-state index < -0.39 is 0 Å². The highest BCUT2D eigenvalue weighted by Crippen LogP contribution is 2.28. The normalized spacial score (nSPS) is 17.3. The number of ether oxygens (including phenoxy) is 1. The van der Waals surface area contributed by atoms with E-state index in [1.807, 2.05) is 47.4 Å². The zero-order valence-corrected chi connectivity index (χ0v) is 16.1. The highest BCUT2D eigenvalue weighted by molar-refractivity contribution is 7.11. The number of nitrogens with zero attached hydrogens (tertiary/aromatic N) is 3. The maximum absolute atomic E-state index is 12.4. The molecule has 5 nitrogen and oxygen atoms in total. The van der Waals surface area contributed by atoms with Crippen molar-refractivity contribution in [2.75, 3.05) is 32.8 Å². The Labute approximate surface area is 158 Å². The number of fused-ring (bicyclic) bond motifs is 1. The SMILES string of the molecule is Cc1ccc(OCC(=O)N2CCN(Cc3nc4c(s3)CCC4)CC2)cc1. The predicted molar refractivity (Wildman–Crippen MR) is 103 cm³/mol. The first-order valence-corrected chi connectivity index (χ1v) is 10.2. The van der Waals surface area contributed by atoms with Crippen LogP contribution in [0.15, 0.2) is 24.3 Å². The van der Waals surface area contributed by atoms with E-state index in [1.165, 1.54) is 34.0 Å². The monoisotopic (exact) mass is 371 g/mol. The Hall–Kier alpha value is -1.92. The summed E-state index contributed by atoms with van der Waals surface area (Å²) in [6, 6.07) is 7.80.